The number of benzene rings is 1. The van der Waals surface area contributed by atoms with E-state index in [2.05, 4.69) is 6.58 Å². The normalized spacial score (nSPS) is 8.38. The zero-order chi connectivity index (χ0) is 8.97. The lowest BCUT2D eigenvalue weighted by molar-refractivity contribution is 0.414. The first kappa shape index (κ1) is 11.7. The number of nitrogens with one attached hydrogen (secondary N) is 1. The number of halogens is 1. The van der Waals surface area contributed by atoms with Gasteiger partial charge in [0.1, 0.15) is 5.75 Å². The van der Waals surface area contributed by atoms with Gasteiger partial charge in [0, 0.05) is 6.21 Å². The molecule has 0 aliphatic rings. The van der Waals surface area contributed by atoms with Crippen LogP contribution in [0.1, 0.15) is 11.1 Å². The molecule has 3 heteroatoms. The summed E-state index contributed by atoms with van der Waals surface area (Å²) in [5.74, 6) is 0.788. The van der Waals surface area contributed by atoms with E-state index in [1.807, 2.05) is 18.2 Å². The molecule has 1 rings (SSSR count). The van der Waals surface area contributed by atoms with E-state index < -0.39 is 0 Å². The summed E-state index contributed by atoms with van der Waals surface area (Å²) in [6, 6.07) is 5.52. The fraction of sp³-hybridized carbons (Fsp3) is 0.100. The second kappa shape index (κ2) is 5.38. The van der Waals surface area contributed by atoms with Gasteiger partial charge >= 0.3 is 0 Å². The summed E-state index contributed by atoms with van der Waals surface area (Å²) in [5, 5.41) is 7.10. The highest BCUT2D eigenvalue weighted by atomic mass is 35.5. The summed E-state index contributed by atoms with van der Waals surface area (Å²) in [6.45, 7) is 3.66. The lowest BCUT2D eigenvalue weighted by Gasteiger charge is -2.03. The van der Waals surface area contributed by atoms with Crippen LogP contribution in [0.4, 0.5) is 0 Å². The van der Waals surface area contributed by atoms with Crippen LogP contribution < -0.4 is 4.74 Å². The van der Waals surface area contributed by atoms with E-state index in [1.54, 1.807) is 13.2 Å². The monoisotopic (exact) mass is 197 g/mol. The number of rotatable bonds is 3. The molecule has 70 valence electrons. The maximum absolute atomic E-state index is 7.10. The third kappa shape index (κ3) is 2.60. The molecule has 0 heterocycles. The standard InChI is InChI=1S/C10H11NO.ClH/c1-3-8-6-10(12-2)5-4-9(8)7-11;/h3-7,11H,1H2,2H3;1H. The Bertz CT molecular complexity index is 310. The van der Waals surface area contributed by atoms with Gasteiger partial charge in [-0.05, 0) is 29.3 Å². The SMILES string of the molecule is C=Cc1cc(OC)ccc1C=N.Cl. The topological polar surface area (TPSA) is 33.1 Å². The molecule has 1 aromatic rings. The van der Waals surface area contributed by atoms with Crippen LogP contribution in [0.2, 0.25) is 0 Å². The van der Waals surface area contributed by atoms with Gasteiger partial charge in [-0.15, -0.1) is 12.4 Å². The molecule has 0 aliphatic heterocycles. The van der Waals surface area contributed by atoms with E-state index in [0.29, 0.717) is 0 Å². The molecule has 13 heavy (non-hydrogen) atoms. The Morgan fingerprint density at radius 3 is 2.54 bits per heavy atom. The van der Waals surface area contributed by atoms with Crippen LogP contribution in [-0.4, -0.2) is 13.3 Å². The molecule has 0 amide bonds. The molecular weight excluding hydrogens is 186 g/mol. The summed E-state index contributed by atoms with van der Waals surface area (Å²) < 4.78 is 5.03. The lowest BCUT2D eigenvalue weighted by Crippen LogP contribution is -1.88. The molecule has 1 N–H and O–H groups in total. The zero-order valence-electron chi connectivity index (χ0n) is 7.41. The largest absolute Gasteiger partial charge is 0.497 e. The lowest BCUT2D eigenvalue weighted by atomic mass is 10.1. The quantitative estimate of drug-likeness (QED) is 0.743. The van der Waals surface area contributed by atoms with Crippen LogP contribution in [0.15, 0.2) is 24.8 Å². The molecule has 2 nitrogen and oxygen atoms in total. The number of ether oxygens (including phenoxy) is 1. The first-order chi connectivity index (χ1) is 5.81. The summed E-state index contributed by atoms with van der Waals surface area (Å²) in [6.07, 6.45) is 3.01. The molecule has 1 aromatic carbocycles. The van der Waals surface area contributed by atoms with Crippen molar-refractivity contribution in [2.75, 3.05) is 7.11 Å². The molecule has 0 bridgehead atoms. The fourth-order valence-electron chi connectivity index (χ4n) is 0.988. The Balaban J connectivity index is 0.00000144. The second-order valence-corrected chi connectivity index (χ2v) is 2.34. The van der Waals surface area contributed by atoms with Gasteiger partial charge in [-0.3, -0.25) is 0 Å². The predicted molar refractivity (Wildman–Crippen MR) is 58.2 cm³/mol. The summed E-state index contributed by atoms with van der Waals surface area (Å²) in [4.78, 5) is 0. The number of hydrogen-bond acceptors (Lipinski definition) is 2. The Kier molecular flexibility index (Phi) is 4.85. The van der Waals surface area contributed by atoms with Crippen LogP contribution in [0.5, 0.6) is 5.75 Å². The molecule has 0 radical (unpaired) electrons. The van der Waals surface area contributed by atoms with Gasteiger partial charge in [0.15, 0.2) is 0 Å². The predicted octanol–water partition coefficient (Wildman–Crippen LogP) is 2.76. The van der Waals surface area contributed by atoms with Crippen molar-refractivity contribution in [3.63, 3.8) is 0 Å². The van der Waals surface area contributed by atoms with Gasteiger partial charge < -0.3 is 10.1 Å². The molecule has 0 fully saturated rings. The van der Waals surface area contributed by atoms with Gasteiger partial charge in [0.05, 0.1) is 7.11 Å². The molecule has 0 aliphatic carbocycles. The molecule has 0 saturated carbocycles. The van der Waals surface area contributed by atoms with E-state index in [9.17, 15) is 0 Å². The maximum atomic E-state index is 7.10. The Hall–Kier alpha value is -1.28. The van der Waals surface area contributed by atoms with E-state index in [4.69, 9.17) is 10.1 Å². The minimum atomic E-state index is 0. The number of hydrogen-bond donors (Lipinski definition) is 1. The highest BCUT2D eigenvalue weighted by Gasteiger charge is 1.97. The van der Waals surface area contributed by atoms with Crippen molar-refractivity contribution < 1.29 is 4.74 Å². The molecule has 0 saturated heterocycles. The van der Waals surface area contributed by atoms with Crippen molar-refractivity contribution in [3.8, 4) is 5.75 Å². The fourth-order valence-corrected chi connectivity index (χ4v) is 0.988. The highest BCUT2D eigenvalue weighted by molar-refractivity contribution is 5.85. The van der Waals surface area contributed by atoms with E-state index in [1.165, 1.54) is 6.21 Å². The van der Waals surface area contributed by atoms with Crippen molar-refractivity contribution in [1.29, 1.82) is 5.41 Å². The van der Waals surface area contributed by atoms with E-state index >= 15 is 0 Å². The van der Waals surface area contributed by atoms with Gasteiger partial charge in [0.25, 0.3) is 0 Å². The Morgan fingerprint density at radius 2 is 2.08 bits per heavy atom. The summed E-state index contributed by atoms with van der Waals surface area (Å²) in [5.41, 5.74) is 1.77. The van der Waals surface area contributed by atoms with Gasteiger partial charge in [-0.1, -0.05) is 12.7 Å². The van der Waals surface area contributed by atoms with Crippen LogP contribution in [0.25, 0.3) is 6.08 Å². The van der Waals surface area contributed by atoms with Crippen molar-refractivity contribution >= 4 is 24.7 Å². The summed E-state index contributed by atoms with van der Waals surface area (Å²) in [7, 11) is 1.62. The third-order valence-electron chi connectivity index (χ3n) is 1.67. The molecule has 0 unspecified atom stereocenters. The number of methoxy groups -OCH3 is 1. The molecular formula is C10H12ClNO. The zero-order valence-corrected chi connectivity index (χ0v) is 8.23. The van der Waals surface area contributed by atoms with Crippen LogP contribution >= 0.6 is 12.4 Å². The van der Waals surface area contributed by atoms with Gasteiger partial charge in [-0.2, -0.15) is 0 Å². The van der Waals surface area contributed by atoms with Gasteiger partial charge in [-0.25, -0.2) is 0 Å². The Labute approximate surface area is 84.2 Å². The second-order valence-electron chi connectivity index (χ2n) is 2.34. The van der Waals surface area contributed by atoms with Crippen molar-refractivity contribution in [3.05, 3.63) is 35.9 Å². The smallest absolute Gasteiger partial charge is 0.119 e. The average molecular weight is 198 g/mol. The molecule has 0 aromatic heterocycles. The minimum Gasteiger partial charge on any atom is -0.497 e. The van der Waals surface area contributed by atoms with Gasteiger partial charge in [0.2, 0.25) is 0 Å². The van der Waals surface area contributed by atoms with Crippen molar-refractivity contribution in [2.45, 2.75) is 0 Å². The minimum absolute atomic E-state index is 0. The first-order valence-corrected chi connectivity index (χ1v) is 3.62. The molecule has 0 atom stereocenters. The molecule has 0 spiro atoms. The van der Waals surface area contributed by atoms with Crippen molar-refractivity contribution in [2.24, 2.45) is 0 Å². The van der Waals surface area contributed by atoms with Crippen LogP contribution in [0.3, 0.4) is 0 Å². The van der Waals surface area contributed by atoms with E-state index in [0.717, 1.165) is 16.9 Å². The Morgan fingerprint density at radius 1 is 1.38 bits per heavy atom. The van der Waals surface area contributed by atoms with Crippen LogP contribution in [0, 0.1) is 5.41 Å². The van der Waals surface area contributed by atoms with Crippen LogP contribution in [-0.2, 0) is 0 Å². The van der Waals surface area contributed by atoms with E-state index in [-0.39, 0.29) is 12.4 Å². The highest BCUT2D eigenvalue weighted by Crippen LogP contribution is 2.16. The third-order valence-corrected chi connectivity index (χ3v) is 1.67. The summed E-state index contributed by atoms with van der Waals surface area (Å²) >= 11 is 0. The average Bonchev–Trinajstić information content (AvgIpc) is 2.16. The maximum Gasteiger partial charge on any atom is 0.119 e. The van der Waals surface area contributed by atoms with Crippen molar-refractivity contribution in [1.82, 2.24) is 0 Å². The first-order valence-electron chi connectivity index (χ1n) is 3.62.